The number of ether oxygens (including phenoxy) is 1. The second-order valence-corrected chi connectivity index (χ2v) is 3.23. The molecule has 1 atom stereocenters. The van der Waals surface area contributed by atoms with Crippen LogP contribution in [0.1, 0.15) is 20.8 Å². The molecule has 0 saturated carbocycles. The van der Waals surface area contributed by atoms with Gasteiger partial charge in [-0.25, -0.2) is 0 Å². The van der Waals surface area contributed by atoms with Gasteiger partial charge in [0.05, 0.1) is 0 Å². The van der Waals surface area contributed by atoms with Gasteiger partial charge >= 0.3 is 7.48 Å². The molecule has 2 nitrogen and oxygen atoms in total. The molecule has 86 valence electrons. The van der Waals surface area contributed by atoms with E-state index < -0.39 is 5.50 Å². The average molecular weight is 239 g/mol. The first-order valence-electron chi connectivity index (χ1n) is 4.97. The molecule has 0 rings (SSSR count). The van der Waals surface area contributed by atoms with E-state index in [1.807, 2.05) is 19.9 Å². The Morgan fingerprint density at radius 3 is 2.56 bits per heavy atom. The minimum Gasteiger partial charge on any atom is -0.477 e. The standard InChI is InChI=1S/C12H16BClO2/c1-5-9-12(10-6-2,13-16-14)15-11(7-3)8-4/h5,7-9,13H,3H2,1-2,4H3/b9-5?,11-8+. The number of halogens is 1. The fraction of sp³-hybridized carbons (Fsp3) is 0.333. The van der Waals surface area contributed by atoms with Gasteiger partial charge in [-0.1, -0.05) is 18.6 Å². The van der Waals surface area contributed by atoms with E-state index in [1.165, 1.54) is 0 Å². The fourth-order valence-electron chi connectivity index (χ4n) is 1.21. The van der Waals surface area contributed by atoms with E-state index in [9.17, 15) is 0 Å². The van der Waals surface area contributed by atoms with Gasteiger partial charge in [-0.05, 0) is 39.0 Å². The summed E-state index contributed by atoms with van der Waals surface area (Å²) in [6.45, 7) is 9.13. The first-order valence-corrected chi connectivity index (χ1v) is 5.28. The molecule has 0 heterocycles. The molecule has 0 aliphatic carbocycles. The summed E-state index contributed by atoms with van der Waals surface area (Å²) in [5.41, 5.74) is -0.860. The summed E-state index contributed by atoms with van der Waals surface area (Å²) in [6.07, 6.45) is 7.07. The molecule has 0 spiro atoms. The van der Waals surface area contributed by atoms with Crippen LogP contribution in [0.15, 0.2) is 36.6 Å². The van der Waals surface area contributed by atoms with E-state index in [0.29, 0.717) is 5.76 Å². The minimum absolute atomic E-state index is 0.144. The lowest BCUT2D eigenvalue weighted by Gasteiger charge is -2.24. The summed E-state index contributed by atoms with van der Waals surface area (Å²) in [4.78, 5) is 0. The molecule has 0 amide bonds. The van der Waals surface area contributed by atoms with Gasteiger partial charge in [0.15, 0.2) is 5.50 Å². The molecule has 4 heteroatoms. The Balaban J connectivity index is 5.14. The van der Waals surface area contributed by atoms with Gasteiger partial charge in [-0.15, -0.1) is 5.92 Å². The second kappa shape index (κ2) is 8.09. The molecule has 0 aliphatic rings. The van der Waals surface area contributed by atoms with E-state index in [1.54, 1.807) is 25.2 Å². The van der Waals surface area contributed by atoms with Gasteiger partial charge in [-0.2, -0.15) is 0 Å². The van der Waals surface area contributed by atoms with Crippen LogP contribution in [0.25, 0.3) is 0 Å². The number of hydrogen-bond acceptors (Lipinski definition) is 2. The van der Waals surface area contributed by atoms with E-state index >= 15 is 0 Å². The van der Waals surface area contributed by atoms with Gasteiger partial charge < -0.3 is 8.94 Å². The smallest absolute Gasteiger partial charge is 0.372 e. The SMILES string of the molecule is C=C/C(=C\C)OC(BOCl)(C#CC)C=CC. The summed E-state index contributed by atoms with van der Waals surface area (Å²) in [7, 11) is 0.144. The lowest BCUT2D eigenvalue weighted by molar-refractivity contribution is 0.163. The Labute approximate surface area is 103 Å². The van der Waals surface area contributed by atoms with Crippen molar-refractivity contribution in [2.45, 2.75) is 26.3 Å². The molecule has 16 heavy (non-hydrogen) atoms. The lowest BCUT2D eigenvalue weighted by atomic mass is 9.75. The summed E-state index contributed by atoms with van der Waals surface area (Å²) >= 11 is 5.30. The average Bonchev–Trinajstić information content (AvgIpc) is 2.27. The third kappa shape index (κ3) is 4.61. The monoisotopic (exact) mass is 238 g/mol. The molecule has 0 fully saturated rings. The van der Waals surface area contributed by atoms with E-state index in [0.717, 1.165) is 0 Å². The van der Waals surface area contributed by atoms with Crippen molar-refractivity contribution >= 4 is 19.3 Å². The molecular weight excluding hydrogens is 222 g/mol. The van der Waals surface area contributed by atoms with Crippen molar-refractivity contribution in [1.82, 2.24) is 0 Å². The zero-order chi connectivity index (χ0) is 12.4. The van der Waals surface area contributed by atoms with Crippen LogP contribution in [0.5, 0.6) is 0 Å². The topological polar surface area (TPSA) is 18.5 Å². The summed E-state index contributed by atoms with van der Waals surface area (Å²) in [5, 5.41) is 0. The van der Waals surface area contributed by atoms with Crippen LogP contribution >= 0.6 is 11.9 Å². The van der Waals surface area contributed by atoms with Crippen LogP contribution < -0.4 is 0 Å². The third-order valence-electron chi connectivity index (χ3n) is 1.83. The van der Waals surface area contributed by atoms with Crippen LogP contribution in [-0.2, 0) is 8.94 Å². The zero-order valence-corrected chi connectivity index (χ0v) is 10.7. The van der Waals surface area contributed by atoms with Crippen molar-refractivity contribution in [2.75, 3.05) is 0 Å². The third-order valence-corrected chi connectivity index (χ3v) is 1.94. The van der Waals surface area contributed by atoms with E-state index in [-0.39, 0.29) is 7.48 Å². The number of allylic oxidation sites excluding steroid dienone is 3. The van der Waals surface area contributed by atoms with Crippen molar-refractivity contribution in [2.24, 2.45) is 0 Å². The summed E-state index contributed by atoms with van der Waals surface area (Å²) in [5.74, 6) is 6.38. The predicted octanol–water partition coefficient (Wildman–Crippen LogP) is 2.91. The predicted molar refractivity (Wildman–Crippen MR) is 70.1 cm³/mol. The molecule has 0 aromatic heterocycles. The van der Waals surface area contributed by atoms with Gasteiger partial charge in [0.1, 0.15) is 5.76 Å². The fourth-order valence-corrected chi connectivity index (χ4v) is 1.37. The highest BCUT2D eigenvalue weighted by Gasteiger charge is 2.30. The van der Waals surface area contributed by atoms with E-state index in [4.69, 9.17) is 16.6 Å². The Kier molecular flexibility index (Phi) is 7.54. The summed E-state index contributed by atoms with van der Waals surface area (Å²) in [6, 6.07) is 0. The van der Waals surface area contributed by atoms with E-state index in [2.05, 4.69) is 22.6 Å². The van der Waals surface area contributed by atoms with Crippen LogP contribution in [0, 0.1) is 11.8 Å². The molecule has 0 bridgehead atoms. The zero-order valence-electron chi connectivity index (χ0n) is 9.92. The normalized spacial score (nSPS) is 14.9. The molecule has 0 radical (unpaired) electrons. The molecule has 0 aliphatic heterocycles. The maximum absolute atomic E-state index is 5.73. The van der Waals surface area contributed by atoms with Crippen LogP contribution in [-0.4, -0.2) is 13.0 Å². The van der Waals surface area contributed by atoms with Crippen molar-refractivity contribution in [3.8, 4) is 11.8 Å². The maximum atomic E-state index is 5.73. The first-order chi connectivity index (χ1) is 7.67. The number of hydrogen-bond donors (Lipinski definition) is 0. The Hall–Kier alpha value is -1.11. The van der Waals surface area contributed by atoms with Crippen molar-refractivity contribution < 1.29 is 8.94 Å². The molecule has 0 saturated heterocycles. The Bertz CT molecular complexity index is 339. The van der Waals surface area contributed by atoms with Gasteiger partial charge in [0.25, 0.3) is 0 Å². The Morgan fingerprint density at radius 2 is 2.19 bits per heavy atom. The highest BCUT2D eigenvalue weighted by Crippen LogP contribution is 2.18. The second-order valence-electron chi connectivity index (χ2n) is 3.02. The largest absolute Gasteiger partial charge is 0.477 e. The molecular formula is C12H16BClO2. The van der Waals surface area contributed by atoms with Crippen molar-refractivity contribution in [1.29, 1.82) is 0 Å². The Morgan fingerprint density at radius 1 is 1.50 bits per heavy atom. The quantitative estimate of drug-likeness (QED) is 0.233. The lowest BCUT2D eigenvalue weighted by Crippen LogP contribution is -2.36. The maximum Gasteiger partial charge on any atom is 0.372 e. The molecule has 0 N–H and O–H groups in total. The highest BCUT2D eigenvalue weighted by atomic mass is 35.5. The van der Waals surface area contributed by atoms with Gasteiger partial charge in [0, 0.05) is 11.9 Å². The summed E-state index contributed by atoms with van der Waals surface area (Å²) < 4.78 is 10.4. The van der Waals surface area contributed by atoms with Gasteiger partial charge in [0.2, 0.25) is 0 Å². The molecule has 0 aromatic rings. The van der Waals surface area contributed by atoms with Crippen LogP contribution in [0.4, 0.5) is 0 Å². The van der Waals surface area contributed by atoms with Crippen molar-refractivity contribution in [3.05, 3.63) is 36.6 Å². The van der Waals surface area contributed by atoms with Crippen LogP contribution in [0.2, 0.25) is 0 Å². The number of rotatable bonds is 6. The highest BCUT2D eigenvalue weighted by molar-refractivity contribution is 6.41. The van der Waals surface area contributed by atoms with Crippen LogP contribution in [0.3, 0.4) is 0 Å². The van der Waals surface area contributed by atoms with Crippen molar-refractivity contribution in [3.63, 3.8) is 0 Å². The molecule has 0 aromatic carbocycles. The minimum atomic E-state index is -0.860. The van der Waals surface area contributed by atoms with Gasteiger partial charge in [-0.3, -0.25) is 0 Å². The molecule has 1 unspecified atom stereocenters. The first kappa shape index (κ1) is 14.9.